The number of nitrogens with zero attached hydrogens (tertiary/aromatic N) is 3. The Hall–Kier alpha value is -2.58. The van der Waals surface area contributed by atoms with Crippen molar-refractivity contribution in [3.8, 4) is 11.6 Å². The topological polar surface area (TPSA) is 69.0 Å². The van der Waals surface area contributed by atoms with E-state index in [1.165, 1.54) is 19.3 Å². The number of rotatable bonds is 8. The lowest BCUT2D eigenvalue weighted by Gasteiger charge is -2.27. The summed E-state index contributed by atoms with van der Waals surface area (Å²) in [5.74, 6) is 0.469. The molecule has 0 fully saturated rings. The zero-order valence-corrected chi connectivity index (χ0v) is 15.7. The number of aliphatic hydroxyl groups is 1. The molecule has 0 aliphatic heterocycles. The Morgan fingerprint density at radius 3 is 2.56 bits per heavy atom. The van der Waals surface area contributed by atoms with E-state index in [0.717, 1.165) is 11.3 Å². The lowest BCUT2D eigenvalue weighted by atomic mass is 10.2. The number of aliphatic hydroxyl groups excluding tert-OH is 1. The summed E-state index contributed by atoms with van der Waals surface area (Å²) in [5, 5.41) is 16.3. The van der Waals surface area contributed by atoms with Gasteiger partial charge >= 0.3 is 0 Å². The molecule has 0 bridgehead atoms. The Balaban J connectivity index is 1.73. The van der Waals surface area contributed by atoms with E-state index in [-0.39, 0.29) is 6.61 Å². The van der Waals surface area contributed by atoms with Crippen LogP contribution in [0.1, 0.15) is 5.56 Å². The molecule has 0 amide bonds. The number of ether oxygens (including phenoxy) is 2. The van der Waals surface area contributed by atoms with Crippen molar-refractivity contribution in [2.24, 2.45) is 0 Å². The first-order valence-electron chi connectivity index (χ1n) is 8.19. The minimum absolute atomic E-state index is 0.240. The van der Waals surface area contributed by atoms with Crippen LogP contribution in [0.5, 0.6) is 5.88 Å². The third-order valence-electron chi connectivity index (χ3n) is 3.87. The highest BCUT2D eigenvalue weighted by Gasteiger charge is 2.19. The summed E-state index contributed by atoms with van der Waals surface area (Å²) in [7, 11) is 2.84. The van der Waals surface area contributed by atoms with Gasteiger partial charge in [0.25, 0.3) is 6.41 Å². The summed E-state index contributed by atoms with van der Waals surface area (Å²) in [5.41, 5.74) is 2.31. The van der Waals surface area contributed by atoms with Gasteiger partial charge in [-0.25, -0.2) is 4.68 Å². The van der Waals surface area contributed by atoms with Crippen molar-refractivity contribution >= 4 is 17.3 Å². The Morgan fingerprint density at radius 2 is 1.85 bits per heavy atom. The van der Waals surface area contributed by atoms with Crippen LogP contribution in [0.3, 0.4) is 0 Å². The van der Waals surface area contributed by atoms with Crippen LogP contribution in [-0.2, 0) is 16.2 Å². The predicted octanol–water partition coefficient (Wildman–Crippen LogP) is 3.39. The smallest absolute Gasteiger partial charge is 0.260 e. The van der Waals surface area contributed by atoms with Crippen molar-refractivity contribution in [3.05, 3.63) is 71.4 Å². The summed E-state index contributed by atoms with van der Waals surface area (Å²) < 4.78 is 12.4. The molecule has 1 aromatic heterocycles. The molecule has 2 aromatic carbocycles. The van der Waals surface area contributed by atoms with Gasteiger partial charge in [0.15, 0.2) is 0 Å². The predicted molar refractivity (Wildman–Crippen MR) is 102 cm³/mol. The largest absolute Gasteiger partial charge is 0.472 e. The lowest BCUT2D eigenvalue weighted by molar-refractivity contribution is -0.127. The quantitative estimate of drug-likeness (QED) is 0.470. The monoisotopic (exact) mass is 389 g/mol. The Kier molecular flexibility index (Phi) is 6.31. The normalized spacial score (nSPS) is 12.0. The second-order valence-electron chi connectivity index (χ2n) is 5.56. The molecule has 0 radical (unpaired) electrons. The molecule has 7 nitrogen and oxygen atoms in total. The van der Waals surface area contributed by atoms with Crippen LogP contribution in [-0.4, -0.2) is 35.5 Å². The van der Waals surface area contributed by atoms with Crippen LogP contribution in [0.2, 0.25) is 5.02 Å². The molecule has 3 aromatic rings. The highest BCUT2D eigenvalue weighted by Crippen LogP contribution is 2.24. The fraction of sp³-hybridized carbons (Fsp3) is 0.211. The van der Waals surface area contributed by atoms with Crippen LogP contribution in [0.15, 0.2) is 60.8 Å². The van der Waals surface area contributed by atoms with Crippen LogP contribution in [0.4, 0.5) is 5.69 Å². The minimum atomic E-state index is -1.24. The summed E-state index contributed by atoms with van der Waals surface area (Å²) in [6.07, 6.45) is 0.570. The van der Waals surface area contributed by atoms with E-state index in [4.69, 9.17) is 25.9 Å². The molecule has 8 heteroatoms. The van der Waals surface area contributed by atoms with Crippen LogP contribution in [0.25, 0.3) is 5.69 Å². The van der Waals surface area contributed by atoms with Crippen LogP contribution < -0.4 is 9.80 Å². The van der Waals surface area contributed by atoms with Gasteiger partial charge in [-0.15, -0.1) is 5.10 Å². The maximum atomic E-state index is 9.94. The average Bonchev–Trinajstić information content (AvgIpc) is 3.17. The maximum Gasteiger partial charge on any atom is 0.260 e. The molecule has 0 aliphatic rings. The van der Waals surface area contributed by atoms with E-state index in [0.29, 0.717) is 16.6 Å². The zero-order valence-electron chi connectivity index (χ0n) is 14.9. The van der Waals surface area contributed by atoms with Gasteiger partial charge in [-0.3, -0.25) is 4.84 Å². The van der Waals surface area contributed by atoms with Gasteiger partial charge in [-0.05, 0) is 30.3 Å². The summed E-state index contributed by atoms with van der Waals surface area (Å²) in [6.45, 7) is 0.240. The van der Waals surface area contributed by atoms with Gasteiger partial charge in [0.05, 0.1) is 18.5 Å². The number of anilines is 1. The summed E-state index contributed by atoms with van der Waals surface area (Å²) >= 11 is 5.91. The van der Waals surface area contributed by atoms with Crippen molar-refractivity contribution in [3.63, 3.8) is 0 Å². The molecule has 142 valence electrons. The number of hydrogen-bond donors (Lipinski definition) is 1. The molecule has 0 saturated heterocycles. The maximum absolute atomic E-state index is 9.94. The molecule has 27 heavy (non-hydrogen) atoms. The van der Waals surface area contributed by atoms with E-state index < -0.39 is 6.41 Å². The van der Waals surface area contributed by atoms with Crippen LogP contribution in [0, 0.1) is 0 Å². The highest BCUT2D eigenvalue weighted by atomic mass is 35.5. The SMILES string of the molecule is COC(O)N(OC)c1ccccc1COc1ccn(-c2ccc(Cl)cc2)n1. The molecule has 0 aliphatic carbocycles. The molecular formula is C19H20ClN3O4. The number of aromatic nitrogens is 2. The number of benzene rings is 2. The molecule has 0 spiro atoms. The molecule has 1 heterocycles. The first kappa shape index (κ1) is 19.2. The minimum Gasteiger partial charge on any atom is -0.472 e. The summed E-state index contributed by atoms with van der Waals surface area (Å²) in [4.78, 5) is 5.23. The fourth-order valence-corrected chi connectivity index (χ4v) is 2.65. The number of hydroxylamine groups is 1. The first-order valence-corrected chi connectivity index (χ1v) is 8.56. The van der Waals surface area contributed by atoms with E-state index in [1.807, 2.05) is 30.3 Å². The van der Waals surface area contributed by atoms with E-state index in [2.05, 4.69) is 5.10 Å². The Labute approximate surface area is 162 Å². The molecule has 1 atom stereocenters. The van der Waals surface area contributed by atoms with Gasteiger partial charge < -0.3 is 14.6 Å². The van der Waals surface area contributed by atoms with E-state index >= 15 is 0 Å². The van der Waals surface area contributed by atoms with E-state index in [1.54, 1.807) is 35.1 Å². The van der Waals surface area contributed by atoms with Crippen molar-refractivity contribution < 1.29 is 19.4 Å². The first-order chi connectivity index (χ1) is 13.1. The number of para-hydroxylation sites is 1. The fourth-order valence-electron chi connectivity index (χ4n) is 2.52. The molecule has 3 rings (SSSR count). The second kappa shape index (κ2) is 8.88. The Bertz CT molecular complexity index is 869. The van der Waals surface area contributed by atoms with Gasteiger partial charge in [-0.1, -0.05) is 29.8 Å². The van der Waals surface area contributed by atoms with Crippen molar-refractivity contribution in [2.45, 2.75) is 13.0 Å². The molecule has 1 unspecified atom stereocenters. The average molecular weight is 390 g/mol. The van der Waals surface area contributed by atoms with Gasteiger partial charge in [0.1, 0.15) is 6.61 Å². The highest BCUT2D eigenvalue weighted by molar-refractivity contribution is 6.30. The molecule has 1 N–H and O–H groups in total. The third-order valence-corrected chi connectivity index (χ3v) is 4.12. The second-order valence-corrected chi connectivity index (χ2v) is 6.00. The lowest BCUT2D eigenvalue weighted by Crippen LogP contribution is -2.36. The van der Waals surface area contributed by atoms with Crippen molar-refractivity contribution in [2.75, 3.05) is 19.3 Å². The molecule has 0 saturated carbocycles. The van der Waals surface area contributed by atoms with Crippen molar-refractivity contribution in [1.29, 1.82) is 0 Å². The Morgan fingerprint density at radius 1 is 1.11 bits per heavy atom. The van der Waals surface area contributed by atoms with Gasteiger partial charge in [-0.2, -0.15) is 5.06 Å². The zero-order chi connectivity index (χ0) is 19.2. The molecular weight excluding hydrogens is 370 g/mol. The van der Waals surface area contributed by atoms with Gasteiger partial charge in [0.2, 0.25) is 5.88 Å². The third kappa shape index (κ3) is 4.58. The number of hydrogen-bond acceptors (Lipinski definition) is 6. The van der Waals surface area contributed by atoms with Crippen molar-refractivity contribution in [1.82, 2.24) is 9.78 Å². The summed E-state index contributed by atoms with van der Waals surface area (Å²) in [6, 6.07) is 16.5. The standard InChI is InChI=1S/C19H20ClN3O4/c1-25-19(24)23(26-2)17-6-4-3-5-14(17)13-27-18-11-12-22(21-18)16-9-7-15(20)8-10-16/h3-12,19,24H,13H2,1-2H3. The number of methoxy groups -OCH3 is 1. The van der Waals surface area contributed by atoms with E-state index in [9.17, 15) is 5.11 Å². The number of halogens is 1. The van der Waals surface area contributed by atoms with Crippen LogP contribution >= 0.6 is 11.6 Å². The van der Waals surface area contributed by atoms with Gasteiger partial charge in [0, 0.05) is 30.0 Å².